The minimum atomic E-state index is -0.00101. The van der Waals surface area contributed by atoms with E-state index in [4.69, 9.17) is 9.15 Å². The van der Waals surface area contributed by atoms with Crippen LogP contribution in [0.25, 0.3) is 11.0 Å². The highest BCUT2D eigenvalue weighted by atomic mass is 16.5. The van der Waals surface area contributed by atoms with Crippen molar-refractivity contribution >= 4 is 11.0 Å². The van der Waals surface area contributed by atoms with Crippen molar-refractivity contribution in [1.29, 1.82) is 0 Å². The predicted octanol–water partition coefficient (Wildman–Crippen LogP) is 3.99. The largest absolute Gasteiger partial charge is 0.489 e. The summed E-state index contributed by atoms with van der Waals surface area (Å²) in [5.74, 6) is 1.33. The van der Waals surface area contributed by atoms with Gasteiger partial charge in [-0.15, -0.1) is 0 Å². The van der Waals surface area contributed by atoms with Gasteiger partial charge in [-0.2, -0.15) is 0 Å². The Morgan fingerprint density at radius 3 is 2.57 bits per heavy atom. The molecule has 0 radical (unpaired) electrons. The first-order valence-corrected chi connectivity index (χ1v) is 6.86. The molecule has 0 saturated carbocycles. The van der Waals surface area contributed by atoms with Crippen molar-refractivity contribution in [2.24, 2.45) is 0 Å². The summed E-state index contributed by atoms with van der Waals surface area (Å²) in [5.41, 5.74) is 2.32. The second kappa shape index (κ2) is 5.44. The lowest BCUT2D eigenvalue weighted by molar-refractivity contribution is 0.306. The number of hydrogen-bond donors (Lipinski definition) is 0. The maximum atomic E-state index is 12.3. The van der Waals surface area contributed by atoms with E-state index in [9.17, 15) is 4.79 Å². The number of fused-ring (bicyclic) bond motifs is 1. The summed E-state index contributed by atoms with van der Waals surface area (Å²) in [5, 5.41) is 0.559. The average Bonchev–Trinajstić information content (AvgIpc) is 2.52. The fourth-order valence-corrected chi connectivity index (χ4v) is 2.21. The van der Waals surface area contributed by atoms with Crippen LogP contribution in [0.5, 0.6) is 5.75 Å². The van der Waals surface area contributed by atoms with Crippen LogP contribution in [0.4, 0.5) is 0 Å². The Morgan fingerprint density at radius 1 is 1.05 bits per heavy atom. The van der Waals surface area contributed by atoms with E-state index in [1.165, 1.54) is 0 Å². The van der Waals surface area contributed by atoms with Crippen LogP contribution in [0, 0.1) is 13.8 Å². The summed E-state index contributed by atoms with van der Waals surface area (Å²) in [4.78, 5) is 12.3. The highest BCUT2D eigenvalue weighted by Gasteiger charge is 2.08. The molecule has 0 amide bonds. The SMILES string of the molecule is Cc1oc2ccc(OCc3ccccc3)cc2c(=O)c1C. The second-order valence-corrected chi connectivity index (χ2v) is 5.04. The third-order valence-electron chi connectivity index (χ3n) is 3.58. The maximum absolute atomic E-state index is 12.3. The molecule has 1 aromatic heterocycles. The van der Waals surface area contributed by atoms with Gasteiger partial charge < -0.3 is 9.15 Å². The lowest BCUT2D eigenvalue weighted by Gasteiger charge is -2.08. The monoisotopic (exact) mass is 280 g/mol. The molecule has 0 bridgehead atoms. The molecule has 3 nitrogen and oxygen atoms in total. The normalized spacial score (nSPS) is 10.8. The summed E-state index contributed by atoms with van der Waals surface area (Å²) in [6.45, 7) is 4.05. The van der Waals surface area contributed by atoms with E-state index in [1.54, 1.807) is 26.0 Å². The van der Waals surface area contributed by atoms with Gasteiger partial charge in [0.25, 0.3) is 0 Å². The summed E-state index contributed by atoms with van der Waals surface area (Å²) in [6.07, 6.45) is 0. The molecule has 2 aromatic carbocycles. The topological polar surface area (TPSA) is 39.4 Å². The first-order chi connectivity index (χ1) is 10.1. The van der Waals surface area contributed by atoms with Crippen LogP contribution in [0.3, 0.4) is 0 Å². The molecule has 106 valence electrons. The average molecular weight is 280 g/mol. The van der Waals surface area contributed by atoms with Gasteiger partial charge in [-0.3, -0.25) is 4.79 Å². The molecular weight excluding hydrogens is 264 g/mol. The van der Waals surface area contributed by atoms with E-state index in [0.717, 1.165) is 5.56 Å². The van der Waals surface area contributed by atoms with Crippen molar-refractivity contribution in [2.75, 3.05) is 0 Å². The molecular formula is C18H16O3. The van der Waals surface area contributed by atoms with Gasteiger partial charge in [0.2, 0.25) is 0 Å². The zero-order chi connectivity index (χ0) is 14.8. The molecule has 0 unspecified atom stereocenters. The second-order valence-electron chi connectivity index (χ2n) is 5.04. The van der Waals surface area contributed by atoms with Crippen LogP contribution in [0.2, 0.25) is 0 Å². The minimum Gasteiger partial charge on any atom is -0.489 e. The van der Waals surface area contributed by atoms with Gasteiger partial charge in [-0.1, -0.05) is 30.3 Å². The van der Waals surface area contributed by atoms with E-state index < -0.39 is 0 Å². The van der Waals surface area contributed by atoms with E-state index in [1.807, 2.05) is 36.4 Å². The van der Waals surface area contributed by atoms with Crippen LogP contribution < -0.4 is 10.2 Å². The van der Waals surface area contributed by atoms with Crippen LogP contribution >= 0.6 is 0 Å². The van der Waals surface area contributed by atoms with Crippen molar-refractivity contribution < 1.29 is 9.15 Å². The number of benzene rings is 2. The van der Waals surface area contributed by atoms with Gasteiger partial charge in [-0.05, 0) is 37.6 Å². The summed E-state index contributed by atoms with van der Waals surface area (Å²) in [6, 6.07) is 15.3. The number of ether oxygens (including phenoxy) is 1. The van der Waals surface area contributed by atoms with Gasteiger partial charge in [0.05, 0.1) is 5.39 Å². The Balaban J connectivity index is 1.92. The van der Waals surface area contributed by atoms with Crippen molar-refractivity contribution in [3.8, 4) is 5.75 Å². The van der Waals surface area contributed by atoms with Crippen LogP contribution in [0.1, 0.15) is 16.9 Å². The zero-order valence-corrected chi connectivity index (χ0v) is 12.1. The standard InChI is InChI=1S/C18H16O3/c1-12-13(2)21-17-9-8-15(10-16(17)18(12)19)20-11-14-6-4-3-5-7-14/h3-10H,11H2,1-2H3. The molecule has 3 rings (SSSR count). The maximum Gasteiger partial charge on any atom is 0.195 e. The quantitative estimate of drug-likeness (QED) is 0.728. The third kappa shape index (κ3) is 2.68. The molecule has 0 saturated heterocycles. The highest BCUT2D eigenvalue weighted by Crippen LogP contribution is 2.21. The molecule has 0 fully saturated rings. The van der Waals surface area contributed by atoms with Gasteiger partial charge >= 0.3 is 0 Å². The summed E-state index contributed by atoms with van der Waals surface area (Å²) in [7, 11) is 0. The van der Waals surface area contributed by atoms with Gasteiger partial charge in [0, 0.05) is 5.56 Å². The summed E-state index contributed by atoms with van der Waals surface area (Å²) < 4.78 is 11.4. The summed E-state index contributed by atoms with van der Waals surface area (Å²) >= 11 is 0. The Hall–Kier alpha value is -2.55. The Kier molecular flexibility index (Phi) is 3.48. The molecule has 0 aliphatic heterocycles. The third-order valence-corrected chi connectivity index (χ3v) is 3.58. The number of aryl methyl sites for hydroxylation is 1. The van der Waals surface area contributed by atoms with Gasteiger partial charge in [0.1, 0.15) is 23.7 Å². The van der Waals surface area contributed by atoms with E-state index >= 15 is 0 Å². The van der Waals surface area contributed by atoms with Crippen LogP contribution in [-0.2, 0) is 6.61 Å². The molecule has 3 heteroatoms. The minimum absolute atomic E-state index is 0.00101. The van der Waals surface area contributed by atoms with Crippen LogP contribution in [0.15, 0.2) is 57.7 Å². The fraction of sp³-hybridized carbons (Fsp3) is 0.167. The Morgan fingerprint density at radius 2 is 1.81 bits per heavy atom. The van der Waals surface area contributed by atoms with Crippen molar-refractivity contribution in [3.63, 3.8) is 0 Å². The first-order valence-electron chi connectivity index (χ1n) is 6.86. The van der Waals surface area contributed by atoms with E-state index in [2.05, 4.69) is 0 Å². The Bertz CT molecular complexity index is 832. The first kappa shape index (κ1) is 13.4. The number of rotatable bonds is 3. The van der Waals surface area contributed by atoms with Crippen molar-refractivity contribution in [2.45, 2.75) is 20.5 Å². The number of hydrogen-bond acceptors (Lipinski definition) is 3. The molecule has 0 aliphatic rings. The van der Waals surface area contributed by atoms with Crippen LogP contribution in [-0.4, -0.2) is 0 Å². The van der Waals surface area contributed by atoms with Gasteiger partial charge in [0.15, 0.2) is 5.43 Å². The molecule has 0 spiro atoms. The van der Waals surface area contributed by atoms with Crippen molar-refractivity contribution in [3.05, 3.63) is 75.6 Å². The smallest absolute Gasteiger partial charge is 0.195 e. The Labute approximate surface area is 122 Å². The van der Waals surface area contributed by atoms with E-state index in [-0.39, 0.29) is 5.43 Å². The zero-order valence-electron chi connectivity index (χ0n) is 12.1. The highest BCUT2D eigenvalue weighted by molar-refractivity contribution is 5.78. The van der Waals surface area contributed by atoms with Gasteiger partial charge in [-0.25, -0.2) is 0 Å². The fourth-order valence-electron chi connectivity index (χ4n) is 2.21. The molecule has 0 N–H and O–H groups in total. The molecule has 0 atom stereocenters. The predicted molar refractivity (Wildman–Crippen MR) is 82.7 cm³/mol. The molecule has 1 heterocycles. The van der Waals surface area contributed by atoms with E-state index in [0.29, 0.717) is 34.6 Å². The molecule has 21 heavy (non-hydrogen) atoms. The molecule has 0 aliphatic carbocycles. The lowest BCUT2D eigenvalue weighted by Crippen LogP contribution is -2.07. The lowest BCUT2D eigenvalue weighted by atomic mass is 10.1. The van der Waals surface area contributed by atoms with Crippen molar-refractivity contribution in [1.82, 2.24) is 0 Å². The molecule has 3 aromatic rings.